The van der Waals surface area contributed by atoms with Gasteiger partial charge in [0.2, 0.25) is 0 Å². The van der Waals surface area contributed by atoms with Crippen LogP contribution in [0.4, 0.5) is 0 Å². The number of hydrogen-bond donors (Lipinski definition) is 0. The van der Waals surface area contributed by atoms with Gasteiger partial charge in [-0.1, -0.05) is 341 Å². The molecular formula is C68H130O6. The summed E-state index contributed by atoms with van der Waals surface area (Å²) in [5.74, 6) is -0.854. The Labute approximate surface area is 462 Å². The van der Waals surface area contributed by atoms with Gasteiger partial charge in [0.15, 0.2) is 6.10 Å². The van der Waals surface area contributed by atoms with Gasteiger partial charge in [0.25, 0.3) is 0 Å². The van der Waals surface area contributed by atoms with Gasteiger partial charge in [-0.3, -0.25) is 14.4 Å². The van der Waals surface area contributed by atoms with Crippen LogP contribution < -0.4 is 0 Å². The second-order valence-electron chi connectivity index (χ2n) is 23.1. The number of carbonyl (C=O) groups excluding carboxylic acids is 3. The van der Waals surface area contributed by atoms with E-state index in [0.29, 0.717) is 19.3 Å². The maximum Gasteiger partial charge on any atom is 0.306 e. The predicted molar refractivity (Wildman–Crippen MR) is 321 cm³/mol. The van der Waals surface area contributed by atoms with E-state index in [1.54, 1.807) is 0 Å². The number of allylic oxidation sites excluding steroid dienone is 2. The van der Waals surface area contributed by atoms with Crippen molar-refractivity contribution in [2.24, 2.45) is 0 Å². The van der Waals surface area contributed by atoms with E-state index in [4.69, 9.17) is 14.2 Å². The van der Waals surface area contributed by atoms with Crippen molar-refractivity contribution in [2.45, 2.75) is 393 Å². The Balaban J connectivity index is 3.92. The summed E-state index contributed by atoms with van der Waals surface area (Å²) in [4.78, 5) is 38.1. The lowest BCUT2D eigenvalue weighted by Gasteiger charge is -2.18. The van der Waals surface area contributed by atoms with E-state index in [1.165, 1.54) is 276 Å². The molecule has 0 aromatic heterocycles. The van der Waals surface area contributed by atoms with E-state index < -0.39 is 6.10 Å². The van der Waals surface area contributed by atoms with Gasteiger partial charge in [-0.25, -0.2) is 0 Å². The van der Waals surface area contributed by atoms with E-state index in [1.807, 2.05) is 0 Å². The van der Waals surface area contributed by atoms with Gasteiger partial charge in [-0.2, -0.15) is 0 Å². The Morgan fingerprint density at radius 1 is 0.257 bits per heavy atom. The van der Waals surface area contributed by atoms with Gasteiger partial charge in [-0.15, -0.1) is 0 Å². The molecule has 0 heterocycles. The van der Waals surface area contributed by atoms with Gasteiger partial charge >= 0.3 is 17.9 Å². The van der Waals surface area contributed by atoms with E-state index >= 15 is 0 Å². The van der Waals surface area contributed by atoms with Crippen LogP contribution in [0.3, 0.4) is 0 Å². The first-order valence-electron chi connectivity index (χ1n) is 33.7. The van der Waals surface area contributed by atoms with Crippen molar-refractivity contribution in [3.8, 4) is 0 Å². The van der Waals surface area contributed by atoms with Gasteiger partial charge in [0.05, 0.1) is 0 Å². The minimum Gasteiger partial charge on any atom is -0.462 e. The van der Waals surface area contributed by atoms with Crippen LogP contribution in [-0.2, 0) is 28.6 Å². The Kier molecular flexibility index (Phi) is 62.1. The van der Waals surface area contributed by atoms with Crippen LogP contribution in [0.5, 0.6) is 0 Å². The molecule has 0 aromatic rings. The highest BCUT2D eigenvalue weighted by Crippen LogP contribution is 2.19. The van der Waals surface area contributed by atoms with E-state index in [0.717, 1.165) is 70.6 Å². The van der Waals surface area contributed by atoms with Gasteiger partial charge in [-0.05, 0) is 38.5 Å². The van der Waals surface area contributed by atoms with E-state index in [-0.39, 0.29) is 31.1 Å². The molecule has 0 rings (SSSR count). The SMILES string of the molecule is CCC/C=C\CCCCCCCC(=O)OCC(COC(=O)CCCCCCCCCCCCCCCCCCCCCCCCCCCCCCCCCCCC)OC(=O)CCCCCCCCCCCCCC. The molecule has 6 nitrogen and oxygen atoms in total. The van der Waals surface area contributed by atoms with Crippen molar-refractivity contribution in [1.82, 2.24) is 0 Å². The Morgan fingerprint density at radius 3 is 0.730 bits per heavy atom. The van der Waals surface area contributed by atoms with E-state index in [2.05, 4.69) is 32.9 Å². The topological polar surface area (TPSA) is 78.9 Å². The van der Waals surface area contributed by atoms with Crippen LogP contribution in [0.2, 0.25) is 0 Å². The average molecular weight is 1040 g/mol. The Hall–Kier alpha value is -1.85. The molecule has 74 heavy (non-hydrogen) atoms. The Bertz CT molecular complexity index is 1150. The molecule has 0 amide bonds. The summed E-state index contributed by atoms with van der Waals surface area (Å²) in [6.07, 6.45) is 75.6. The largest absolute Gasteiger partial charge is 0.462 e. The smallest absolute Gasteiger partial charge is 0.306 e. The highest BCUT2D eigenvalue weighted by molar-refractivity contribution is 5.71. The molecule has 0 N–H and O–H groups in total. The van der Waals surface area contributed by atoms with Crippen molar-refractivity contribution in [3.05, 3.63) is 12.2 Å². The Morgan fingerprint density at radius 2 is 0.473 bits per heavy atom. The van der Waals surface area contributed by atoms with Crippen molar-refractivity contribution < 1.29 is 28.6 Å². The summed E-state index contributed by atoms with van der Waals surface area (Å²) in [5.41, 5.74) is 0. The molecule has 438 valence electrons. The van der Waals surface area contributed by atoms with Gasteiger partial charge in [0, 0.05) is 19.3 Å². The summed E-state index contributed by atoms with van der Waals surface area (Å²) < 4.78 is 16.9. The maximum absolute atomic E-state index is 12.8. The lowest BCUT2D eigenvalue weighted by molar-refractivity contribution is -0.167. The maximum atomic E-state index is 12.8. The lowest BCUT2D eigenvalue weighted by Crippen LogP contribution is -2.30. The van der Waals surface area contributed by atoms with Crippen molar-refractivity contribution in [2.75, 3.05) is 13.2 Å². The summed E-state index contributed by atoms with van der Waals surface area (Å²) in [6.45, 7) is 6.63. The molecule has 0 fully saturated rings. The minimum absolute atomic E-state index is 0.0668. The fourth-order valence-electron chi connectivity index (χ4n) is 10.5. The average Bonchev–Trinajstić information content (AvgIpc) is 3.40. The fraction of sp³-hybridized carbons (Fsp3) is 0.926. The van der Waals surface area contributed by atoms with Crippen LogP contribution in [0, 0.1) is 0 Å². The fourth-order valence-corrected chi connectivity index (χ4v) is 10.5. The molecule has 0 aliphatic heterocycles. The third-order valence-corrected chi connectivity index (χ3v) is 15.5. The second-order valence-corrected chi connectivity index (χ2v) is 23.1. The van der Waals surface area contributed by atoms with Gasteiger partial charge < -0.3 is 14.2 Å². The summed E-state index contributed by atoms with van der Waals surface area (Å²) in [6, 6.07) is 0. The number of carbonyl (C=O) groups is 3. The molecule has 0 spiro atoms. The molecule has 0 saturated carbocycles. The minimum atomic E-state index is -0.767. The monoisotopic (exact) mass is 1040 g/mol. The molecule has 0 aromatic carbocycles. The number of rotatable bonds is 63. The number of unbranched alkanes of at least 4 members (excludes halogenated alkanes) is 50. The highest BCUT2D eigenvalue weighted by atomic mass is 16.6. The third-order valence-electron chi connectivity index (χ3n) is 15.5. The molecule has 1 unspecified atom stereocenters. The van der Waals surface area contributed by atoms with Crippen molar-refractivity contribution in [1.29, 1.82) is 0 Å². The molecule has 6 heteroatoms. The number of esters is 3. The summed E-state index contributed by atoms with van der Waals surface area (Å²) >= 11 is 0. The second kappa shape index (κ2) is 63.7. The summed E-state index contributed by atoms with van der Waals surface area (Å²) in [5, 5.41) is 0. The zero-order valence-corrected chi connectivity index (χ0v) is 50.4. The first-order chi connectivity index (χ1) is 36.5. The van der Waals surface area contributed by atoms with Crippen molar-refractivity contribution in [3.63, 3.8) is 0 Å². The zero-order chi connectivity index (χ0) is 53.6. The highest BCUT2D eigenvalue weighted by Gasteiger charge is 2.19. The molecule has 0 saturated heterocycles. The van der Waals surface area contributed by atoms with Crippen LogP contribution in [0.1, 0.15) is 387 Å². The third kappa shape index (κ3) is 61.0. The lowest BCUT2D eigenvalue weighted by atomic mass is 10.0. The molecule has 0 aliphatic rings. The molecule has 1 atom stereocenters. The van der Waals surface area contributed by atoms with Crippen LogP contribution >= 0.6 is 0 Å². The van der Waals surface area contributed by atoms with Crippen LogP contribution in [0.15, 0.2) is 12.2 Å². The summed E-state index contributed by atoms with van der Waals surface area (Å²) in [7, 11) is 0. The molecular weight excluding hydrogens is 913 g/mol. The first kappa shape index (κ1) is 72.2. The normalized spacial score (nSPS) is 12.0. The molecule has 0 aliphatic carbocycles. The quantitative estimate of drug-likeness (QED) is 0.0261. The predicted octanol–water partition coefficient (Wildman–Crippen LogP) is 22.8. The zero-order valence-electron chi connectivity index (χ0n) is 50.4. The molecule has 0 radical (unpaired) electrons. The standard InChI is InChI=1S/C68H130O6/c1-4-7-10-13-16-19-22-24-25-26-27-28-29-30-31-32-33-34-35-36-37-38-39-40-41-42-43-44-45-47-49-52-55-58-61-67(70)73-64-65(63-72-66(69)60-57-54-51-48-21-18-15-12-9-6-3)74-68(71)62-59-56-53-50-46-23-20-17-14-11-8-5-2/h12,15,65H,4-11,13-14,16-64H2,1-3H3/b15-12-. The van der Waals surface area contributed by atoms with Crippen molar-refractivity contribution >= 4 is 17.9 Å². The van der Waals surface area contributed by atoms with Crippen LogP contribution in [0.25, 0.3) is 0 Å². The number of hydrogen-bond acceptors (Lipinski definition) is 6. The number of ether oxygens (including phenoxy) is 3. The first-order valence-corrected chi connectivity index (χ1v) is 33.7. The molecule has 0 bridgehead atoms. The van der Waals surface area contributed by atoms with Crippen LogP contribution in [-0.4, -0.2) is 37.2 Å². The van der Waals surface area contributed by atoms with Gasteiger partial charge in [0.1, 0.15) is 13.2 Å². The van der Waals surface area contributed by atoms with E-state index in [9.17, 15) is 14.4 Å².